The molecule has 0 bridgehead atoms. The van der Waals surface area contributed by atoms with E-state index in [1.54, 1.807) is 4.68 Å². The highest BCUT2D eigenvalue weighted by atomic mass is 16.2. The number of hydrogen-bond donors (Lipinski definition) is 1. The summed E-state index contributed by atoms with van der Waals surface area (Å²) in [5.41, 5.74) is 1.92. The Labute approximate surface area is 107 Å². The SMILES string of the molecule is Cc1nn(C)cc1C(=O)N1CCC2(CCNC2)C1. The number of nitrogens with one attached hydrogen (secondary N) is 1. The van der Waals surface area contributed by atoms with Crippen molar-refractivity contribution in [1.29, 1.82) is 0 Å². The zero-order chi connectivity index (χ0) is 12.8. The van der Waals surface area contributed by atoms with Crippen molar-refractivity contribution >= 4 is 5.91 Å². The molecular formula is C13H20N4O. The van der Waals surface area contributed by atoms with Crippen molar-refractivity contribution in [3.05, 3.63) is 17.5 Å². The van der Waals surface area contributed by atoms with Gasteiger partial charge in [0.15, 0.2) is 0 Å². The molecule has 1 aromatic heterocycles. The second kappa shape index (κ2) is 4.09. The lowest BCUT2D eigenvalue weighted by atomic mass is 9.86. The van der Waals surface area contributed by atoms with Gasteiger partial charge in [0.25, 0.3) is 5.91 Å². The summed E-state index contributed by atoms with van der Waals surface area (Å²) in [6, 6.07) is 0. The van der Waals surface area contributed by atoms with E-state index in [0.717, 1.165) is 43.9 Å². The summed E-state index contributed by atoms with van der Waals surface area (Å²) in [4.78, 5) is 14.5. The van der Waals surface area contributed by atoms with E-state index in [2.05, 4.69) is 10.4 Å². The molecule has 0 aromatic carbocycles. The lowest BCUT2D eigenvalue weighted by Crippen LogP contribution is -2.33. The normalized spacial score (nSPS) is 27.3. The van der Waals surface area contributed by atoms with Crippen molar-refractivity contribution in [2.45, 2.75) is 19.8 Å². The molecule has 0 saturated carbocycles. The predicted molar refractivity (Wildman–Crippen MR) is 68.4 cm³/mol. The Hall–Kier alpha value is -1.36. The summed E-state index contributed by atoms with van der Waals surface area (Å²) in [5.74, 6) is 0.143. The fraction of sp³-hybridized carbons (Fsp3) is 0.692. The maximum Gasteiger partial charge on any atom is 0.257 e. The maximum absolute atomic E-state index is 12.5. The molecule has 1 N–H and O–H groups in total. The summed E-state index contributed by atoms with van der Waals surface area (Å²) in [6.45, 7) is 5.83. The molecule has 3 heterocycles. The van der Waals surface area contributed by atoms with Gasteiger partial charge in [-0.15, -0.1) is 0 Å². The third-order valence-corrected chi connectivity index (χ3v) is 4.30. The fourth-order valence-electron chi connectivity index (χ4n) is 3.23. The van der Waals surface area contributed by atoms with E-state index < -0.39 is 0 Å². The predicted octanol–water partition coefficient (Wildman–Crippen LogP) is 0.554. The zero-order valence-electron chi connectivity index (χ0n) is 11.1. The summed E-state index contributed by atoms with van der Waals surface area (Å²) in [7, 11) is 1.86. The Morgan fingerprint density at radius 3 is 2.94 bits per heavy atom. The molecule has 2 aliphatic rings. The first-order chi connectivity index (χ1) is 8.60. The molecular weight excluding hydrogens is 228 g/mol. The van der Waals surface area contributed by atoms with Crippen molar-refractivity contribution in [2.24, 2.45) is 12.5 Å². The molecule has 1 spiro atoms. The number of amides is 1. The van der Waals surface area contributed by atoms with Crippen molar-refractivity contribution < 1.29 is 4.79 Å². The van der Waals surface area contributed by atoms with Crippen molar-refractivity contribution in [3.63, 3.8) is 0 Å². The Bertz CT molecular complexity index is 473. The van der Waals surface area contributed by atoms with Crippen LogP contribution in [0.2, 0.25) is 0 Å². The minimum Gasteiger partial charge on any atom is -0.338 e. The molecule has 5 heteroatoms. The number of aromatic nitrogens is 2. The molecule has 0 aliphatic carbocycles. The van der Waals surface area contributed by atoms with Gasteiger partial charge in [-0.05, 0) is 26.3 Å². The first-order valence-electron chi connectivity index (χ1n) is 6.60. The molecule has 1 unspecified atom stereocenters. The van der Waals surface area contributed by atoms with Crippen LogP contribution in [0.4, 0.5) is 0 Å². The molecule has 1 atom stereocenters. The number of rotatable bonds is 1. The van der Waals surface area contributed by atoms with Crippen molar-refractivity contribution in [3.8, 4) is 0 Å². The molecule has 2 fully saturated rings. The lowest BCUT2D eigenvalue weighted by Gasteiger charge is -2.22. The van der Waals surface area contributed by atoms with Gasteiger partial charge < -0.3 is 10.2 Å². The van der Waals surface area contributed by atoms with Gasteiger partial charge in [-0.3, -0.25) is 9.48 Å². The van der Waals surface area contributed by atoms with Crippen LogP contribution in [-0.2, 0) is 7.05 Å². The molecule has 98 valence electrons. The monoisotopic (exact) mass is 248 g/mol. The third-order valence-electron chi connectivity index (χ3n) is 4.30. The van der Waals surface area contributed by atoms with Gasteiger partial charge in [-0.2, -0.15) is 5.10 Å². The number of nitrogens with zero attached hydrogens (tertiary/aromatic N) is 3. The molecule has 1 aromatic rings. The largest absolute Gasteiger partial charge is 0.338 e. The van der Waals surface area contributed by atoms with Gasteiger partial charge in [0.05, 0.1) is 11.3 Å². The van der Waals surface area contributed by atoms with Crippen LogP contribution < -0.4 is 5.32 Å². The van der Waals surface area contributed by atoms with E-state index in [-0.39, 0.29) is 5.91 Å². The molecule has 2 saturated heterocycles. The van der Waals surface area contributed by atoms with E-state index in [4.69, 9.17) is 0 Å². The first-order valence-corrected chi connectivity index (χ1v) is 6.60. The van der Waals surface area contributed by atoms with E-state index in [1.807, 2.05) is 25.1 Å². The number of carbonyl (C=O) groups is 1. The number of likely N-dealkylation sites (tertiary alicyclic amines) is 1. The highest BCUT2D eigenvalue weighted by Gasteiger charge is 2.42. The van der Waals surface area contributed by atoms with Gasteiger partial charge in [-0.1, -0.05) is 0 Å². The Morgan fingerprint density at radius 2 is 2.33 bits per heavy atom. The average Bonchev–Trinajstić information content (AvgIpc) is 3.02. The van der Waals surface area contributed by atoms with E-state index >= 15 is 0 Å². The molecule has 5 nitrogen and oxygen atoms in total. The number of hydrogen-bond acceptors (Lipinski definition) is 3. The van der Waals surface area contributed by atoms with Gasteiger partial charge in [0.2, 0.25) is 0 Å². The molecule has 0 radical (unpaired) electrons. The van der Waals surface area contributed by atoms with E-state index in [9.17, 15) is 4.79 Å². The Balaban J connectivity index is 1.76. The quantitative estimate of drug-likeness (QED) is 0.790. The van der Waals surface area contributed by atoms with Crippen LogP contribution in [0.25, 0.3) is 0 Å². The second-order valence-electron chi connectivity index (χ2n) is 5.71. The standard InChI is InChI=1S/C13H20N4O/c1-10-11(7-16(2)15-10)12(18)17-6-4-13(9-17)3-5-14-8-13/h7,14H,3-6,8-9H2,1-2H3. The minimum atomic E-state index is 0.143. The average molecular weight is 248 g/mol. The van der Waals surface area contributed by atoms with Crippen LogP contribution in [0.3, 0.4) is 0 Å². The minimum absolute atomic E-state index is 0.143. The lowest BCUT2D eigenvalue weighted by molar-refractivity contribution is 0.0775. The van der Waals surface area contributed by atoms with Gasteiger partial charge in [0, 0.05) is 38.3 Å². The maximum atomic E-state index is 12.5. The van der Waals surface area contributed by atoms with Crippen molar-refractivity contribution in [1.82, 2.24) is 20.0 Å². The van der Waals surface area contributed by atoms with E-state index in [0.29, 0.717) is 5.41 Å². The van der Waals surface area contributed by atoms with Gasteiger partial charge in [-0.25, -0.2) is 0 Å². The Morgan fingerprint density at radius 1 is 1.50 bits per heavy atom. The van der Waals surface area contributed by atoms with Crippen LogP contribution in [0, 0.1) is 12.3 Å². The van der Waals surface area contributed by atoms with Crippen LogP contribution in [-0.4, -0.2) is 46.8 Å². The Kier molecular flexibility index (Phi) is 2.66. The summed E-state index contributed by atoms with van der Waals surface area (Å²) >= 11 is 0. The van der Waals surface area contributed by atoms with Gasteiger partial charge in [0.1, 0.15) is 0 Å². The first kappa shape index (κ1) is 11.7. The highest BCUT2D eigenvalue weighted by molar-refractivity contribution is 5.95. The molecule has 3 rings (SSSR count). The topological polar surface area (TPSA) is 50.2 Å². The van der Waals surface area contributed by atoms with E-state index in [1.165, 1.54) is 6.42 Å². The van der Waals surface area contributed by atoms with Crippen LogP contribution in [0.1, 0.15) is 28.9 Å². The molecule has 2 aliphatic heterocycles. The third kappa shape index (κ3) is 1.82. The number of carbonyl (C=O) groups excluding carboxylic acids is 1. The summed E-state index contributed by atoms with van der Waals surface area (Å²) in [6.07, 6.45) is 4.16. The van der Waals surface area contributed by atoms with Crippen LogP contribution in [0.5, 0.6) is 0 Å². The second-order valence-corrected chi connectivity index (χ2v) is 5.71. The smallest absolute Gasteiger partial charge is 0.257 e. The van der Waals surface area contributed by atoms with Gasteiger partial charge >= 0.3 is 0 Å². The molecule has 1 amide bonds. The van der Waals surface area contributed by atoms with Crippen molar-refractivity contribution in [2.75, 3.05) is 26.2 Å². The van der Waals surface area contributed by atoms with Crippen LogP contribution in [0.15, 0.2) is 6.20 Å². The van der Waals surface area contributed by atoms with Crippen LogP contribution >= 0.6 is 0 Å². The summed E-state index contributed by atoms with van der Waals surface area (Å²) in [5, 5.41) is 7.66. The number of aryl methyl sites for hydroxylation is 2. The highest BCUT2D eigenvalue weighted by Crippen LogP contribution is 2.36. The zero-order valence-corrected chi connectivity index (χ0v) is 11.1. The molecule has 18 heavy (non-hydrogen) atoms. The fourth-order valence-corrected chi connectivity index (χ4v) is 3.23. The summed E-state index contributed by atoms with van der Waals surface area (Å²) < 4.78 is 1.71.